The third-order valence-corrected chi connectivity index (χ3v) is 2.44. The smallest absolute Gasteiger partial charge is 0.0337 e. The Morgan fingerprint density at radius 2 is 1.80 bits per heavy atom. The molecule has 0 aromatic rings. The first-order chi connectivity index (χ1) is 4.83. The van der Waals surface area contributed by atoms with Gasteiger partial charge in [-0.25, -0.2) is 0 Å². The van der Waals surface area contributed by atoms with E-state index in [0.29, 0.717) is 11.4 Å². The lowest BCUT2D eigenvalue weighted by molar-refractivity contribution is 0.351. The largest absolute Gasteiger partial charge is 0.261 e. The standard InChI is InChI=1S/C7H15ClN2/c1-9-10-7-4-2-6(8)3-5-7/h6-7,9-10H,2-5H2,1H3. The number of hydrogen-bond donors (Lipinski definition) is 2. The maximum Gasteiger partial charge on any atom is 0.0337 e. The molecule has 0 atom stereocenters. The van der Waals surface area contributed by atoms with Crippen molar-refractivity contribution in [2.45, 2.75) is 37.1 Å². The van der Waals surface area contributed by atoms with Gasteiger partial charge < -0.3 is 0 Å². The van der Waals surface area contributed by atoms with Crippen molar-refractivity contribution in [1.29, 1.82) is 0 Å². The van der Waals surface area contributed by atoms with Gasteiger partial charge in [-0.15, -0.1) is 11.6 Å². The van der Waals surface area contributed by atoms with Crippen molar-refractivity contribution in [1.82, 2.24) is 10.9 Å². The van der Waals surface area contributed by atoms with E-state index < -0.39 is 0 Å². The van der Waals surface area contributed by atoms with Gasteiger partial charge in [-0.3, -0.25) is 10.9 Å². The van der Waals surface area contributed by atoms with Gasteiger partial charge >= 0.3 is 0 Å². The van der Waals surface area contributed by atoms with Gasteiger partial charge in [-0.2, -0.15) is 0 Å². The van der Waals surface area contributed by atoms with E-state index in [4.69, 9.17) is 11.6 Å². The molecular weight excluding hydrogens is 148 g/mol. The van der Waals surface area contributed by atoms with Crippen molar-refractivity contribution in [3.8, 4) is 0 Å². The number of rotatable bonds is 2. The highest BCUT2D eigenvalue weighted by atomic mass is 35.5. The summed E-state index contributed by atoms with van der Waals surface area (Å²) in [5.41, 5.74) is 6.16. The van der Waals surface area contributed by atoms with E-state index in [-0.39, 0.29) is 0 Å². The molecule has 2 nitrogen and oxygen atoms in total. The summed E-state index contributed by atoms with van der Waals surface area (Å²) in [5.74, 6) is 0. The molecule has 0 saturated heterocycles. The average Bonchev–Trinajstić information content (AvgIpc) is 1.95. The van der Waals surface area contributed by atoms with Gasteiger partial charge in [0.25, 0.3) is 0 Å². The van der Waals surface area contributed by atoms with Gasteiger partial charge in [0.15, 0.2) is 0 Å². The number of hydrazine groups is 1. The molecule has 2 N–H and O–H groups in total. The van der Waals surface area contributed by atoms with Crippen LogP contribution in [0.1, 0.15) is 25.7 Å². The Morgan fingerprint density at radius 3 is 2.30 bits per heavy atom. The van der Waals surface area contributed by atoms with Crippen LogP contribution >= 0.6 is 11.6 Å². The average molecular weight is 163 g/mol. The predicted octanol–water partition coefficient (Wildman–Crippen LogP) is 1.26. The van der Waals surface area contributed by atoms with E-state index >= 15 is 0 Å². The zero-order valence-electron chi connectivity index (χ0n) is 6.36. The molecule has 0 aliphatic heterocycles. The first kappa shape index (κ1) is 8.31. The normalized spacial score (nSPS) is 34.2. The quantitative estimate of drug-likeness (QED) is 0.472. The molecule has 0 unspecified atom stereocenters. The first-order valence-electron chi connectivity index (χ1n) is 3.89. The van der Waals surface area contributed by atoms with Crippen LogP contribution in [0.2, 0.25) is 0 Å². The van der Waals surface area contributed by atoms with E-state index in [1.54, 1.807) is 0 Å². The number of nitrogens with one attached hydrogen (secondary N) is 2. The Labute approximate surface area is 67.3 Å². The summed E-state index contributed by atoms with van der Waals surface area (Å²) < 4.78 is 0. The maximum absolute atomic E-state index is 5.93. The summed E-state index contributed by atoms with van der Waals surface area (Å²) in [6, 6.07) is 0.639. The van der Waals surface area contributed by atoms with E-state index in [2.05, 4.69) is 10.9 Å². The molecule has 60 valence electrons. The van der Waals surface area contributed by atoms with Gasteiger partial charge in [0.2, 0.25) is 0 Å². The van der Waals surface area contributed by atoms with Gasteiger partial charge in [-0.1, -0.05) is 0 Å². The summed E-state index contributed by atoms with van der Waals surface area (Å²) in [6.07, 6.45) is 4.71. The molecule has 1 saturated carbocycles. The minimum absolute atomic E-state index is 0.426. The fraction of sp³-hybridized carbons (Fsp3) is 1.00. The van der Waals surface area contributed by atoms with Crippen LogP contribution in [-0.2, 0) is 0 Å². The van der Waals surface area contributed by atoms with Crippen molar-refractivity contribution in [3.63, 3.8) is 0 Å². The predicted molar refractivity (Wildman–Crippen MR) is 44.1 cm³/mol. The topological polar surface area (TPSA) is 24.1 Å². The third-order valence-electron chi connectivity index (χ3n) is 2.01. The lowest BCUT2D eigenvalue weighted by Crippen LogP contribution is -2.40. The fourth-order valence-electron chi connectivity index (χ4n) is 1.40. The molecule has 0 amide bonds. The molecule has 10 heavy (non-hydrogen) atoms. The Morgan fingerprint density at radius 1 is 1.20 bits per heavy atom. The number of hydrogen-bond acceptors (Lipinski definition) is 2. The molecule has 0 heterocycles. The minimum Gasteiger partial charge on any atom is -0.261 e. The zero-order valence-corrected chi connectivity index (χ0v) is 7.12. The van der Waals surface area contributed by atoms with Crippen molar-refractivity contribution in [3.05, 3.63) is 0 Å². The van der Waals surface area contributed by atoms with Gasteiger partial charge in [-0.05, 0) is 32.7 Å². The third kappa shape index (κ3) is 2.45. The summed E-state index contributed by atoms with van der Waals surface area (Å²) in [5, 5.41) is 0.426. The van der Waals surface area contributed by atoms with Gasteiger partial charge in [0.05, 0.1) is 0 Å². The lowest BCUT2D eigenvalue weighted by Gasteiger charge is -2.25. The Hall–Kier alpha value is 0.210. The Bertz CT molecular complexity index is 89.6. The molecule has 0 radical (unpaired) electrons. The highest BCUT2D eigenvalue weighted by molar-refractivity contribution is 6.20. The highest BCUT2D eigenvalue weighted by Gasteiger charge is 2.17. The van der Waals surface area contributed by atoms with E-state index in [1.165, 1.54) is 12.8 Å². The fourth-order valence-corrected chi connectivity index (χ4v) is 1.65. The van der Waals surface area contributed by atoms with Crippen LogP contribution in [0.15, 0.2) is 0 Å². The maximum atomic E-state index is 5.93. The summed E-state index contributed by atoms with van der Waals surface area (Å²) in [4.78, 5) is 0. The summed E-state index contributed by atoms with van der Waals surface area (Å²) in [6.45, 7) is 0. The molecule has 1 aliphatic rings. The molecule has 1 fully saturated rings. The van der Waals surface area contributed by atoms with Crippen LogP contribution in [0.3, 0.4) is 0 Å². The number of alkyl halides is 1. The van der Waals surface area contributed by atoms with Crippen LogP contribution in [-0.4, -0.2) is 18.5 Å². The van der Waals surface area contributed by atoms with Crippen LogP contribution in [0.25, 0.3) is 0 Å². The van der Waals surface area contributed by atoms with Gasteiger partial charge in [0.1, 0.15) is 0 Å². The van der Waals surface area contributed by atoms with E-state index in [0.717, 1.165) is 12.8 Å². The second kappa shape index (κ2) is 4.16. The monoisotopic (exact) mass is 162 g/mol. The lowest BCUT2D eigenvalue weighted by atomic mass is 9.96. The van der Waals surface area contributed by atoms with Crippen molar-refractivity contribution < 1.29 is 0 Å². The summed E-state index contributed by atoms with van der Waals surface area (Å²) in [7, 11) is 1.91. The van der Waals surface area contributed by atoms with Crippen molar-refractivity contribution in [2.75, 3.05) is 7.05 Å². The molecule has 1 aliphatic carbocycles. The van der Waals surface area contributed by atoms with Crippen LogP contribution in [0.5, 0.6) is 0 Å². The van der Waals surface area contributed by atoms with Crippen LogP contribution in [0.4, 0.5) is 0 Å². The Kier molecular flexibility index (Phi) is 3.46. The second-order valence-electron chi connectivity index (χ2n) is 2.84. The molecule has 0 spiro atoms. The minimum atomic E-state index is 0.426. The molecule has 0 aromatic carbocycles. The molecule has 3 heteroatoms. The zero-order chi connectivity index (χ0) is 7.40. The molecule has 1 rings (SSSR count). The first-order valence-corrected chi connectivity index (χ1v) is 4.33. The summed E-state index contributed by atoms with van der Waals surface area (Å²) >= 11 is 5.93. The van der Waals surface area contributed by atoms with E-state index in [9.17, 15) is 0 Å². The van der Waals surface area contributed by atoms with Crippen LogP contribution < -0.4 is 10.9 Å². The van der Waals surface area contributed by atoms with Crippen LogP contribution in [0, 0.1) is 0 Å². The molecule has 0 aromatic heterocycles. The van der Waals surface area contributed by atoms with E-state index in [1.807, 2.05) is 7.05 Å². The number of halogens is 1. The molecular formula is C7H15ClN2. The Balaban J connectivity index is 2.13. The highest BCUT2D eigenvalue weighted by Crippen LogP contribution is 2.22. The van der Waals surface area contributed by atoms with Crippen molar-refractivity contribution >= 4 is 11.6 Å². The molecule has 0 bridgehead atoms. The second-order valence-corrected chi connectivity index (χ2v) is 3.46. The SMILES string of the molecule is CNNC1CCC(Cl)CC1. The van der Waals surface area contributed by atoms with Crippen molar-refractivity contribution in [2.24, 2.45) is 0 Å². The van der Waals surface area contributed by atoms with Gasteiger partial charge in [0, 0.05) is 11.4 Å².